The number of aliphatic hydroxyl groups excluding tert-OH is 1. The summed E-state index contributed by atoms with van der Waals surface area (Å²) in [6.45, 7) is 0. The van der Waals surface area contributed by atoms with Crippen LogP contribution in [0.15, 0.2) is 29.7 Å². The van der Waals surface area contributed by atoms with Crippen LogP contribution >= 0.6 is 0 Å². The second kappa shape index (κ2) is 7.41. The fraction of sp³-hybridized carbons (Fsp3) is 0.652. The zero-order valence-corrected chi connectivity index (χ0v) is 16.6. The molecule has 4 aliphatic rings. The van der Waals surface area contributed by atoms with E-state index in [1.807, 2.05) is 12.3 Å². The smallest absolute Gasteiger partial charge is 0.249 e. The molecule has 28 heavy (non-hydrogen) atoms. The second-order valence-corrected chi connectivity index (χ2v) is 9.21. The first kappa shape index (κ1) is 18.0. The first-order valence-electron chi connectivity index (χ1n) is 11.1. The Morgan fingerprint density at radius 2 is 1.79 bits per heavy atom. The highest BCUT2D eigenvalue weighted by molar-refractivity contribution is 5.94. The van der Waals surface area contributed by atoms with Crippen molar-refractivity contribution in [3.8, 4) is 0 Å². The van der Waals surface area contributed by atoms with E-state index in [2.05, 4.69) is 21.2 Å². The number of fused-ring (bicyclic) bond motifs is 1. The van der Waals surface area contributed by atoms with Crippen molar-refractivity contribution in [2.75, 3.05) is 0 Å². The number of aryl methyl sites for hydroxylation is 1. The molecule has 0 saturated heterocycles. The number of H-pyrrole nitrogens is 1. The van der Waals surface area contributed by atoms with Crippen LogP contribution in [0.25, 0.3) is 0 Å². The summed E-state index contributed by atoms with van der Waals surface area (Å²) in [7, 11) is 0. The van der Waals surface area contributed by atoms with E-state index < -0.39 is 0 Å². The van der Waals surface area contributed by atoms with Gasteiger partial charge in [-0.3, -0.25) is 9.89 Å². The Morgan fingerprint density at radius 3 is 2.46 bits per heavy atom. The summed E-state index contributed by atoms with van der Waals surface area (Å²) in [6, 6.07) is 0.784. The second-order valence-electron chi connectivity index (χ2n) is 9.21. The summed E-state index contributed by atoms with van der Waals surface area (Å²) in [5, 5.41) is 16.9. The zero-order valence-electron chi connectivity index (χ0n) is 16.6. The number of aliphatic hydroxyl groups is 1. The molecule has 3 atom stereocenters. The number of aromatic nitrogens is 2. The number of nitrogens with one attached hydrogen (secondary N) is 1. The number of rotatable bonds is 4. The third kappa shape index (κ3) is 3.51. The van der Waals surface area contributed by atoms with E-state index in [0.29, 0.717) is 35.6 Å². The Hall–Kier alpha value is -2.04. The van der Waals surface area contributed by atoms with Crippen LogP contribution in [-0.4, -0.2) is 38.2 Å². The molecule has 0 aliphatic heterocycles. The summed E-state index contributed by atoms with van der Waals surface area (Å²) in [6.07, 6.45) is 17.5. The molecule has 2 N–H and O–H groups in total. The van der Waals surface area contributed by atoms with Gasteiger partial charge in [-0.25, -0.2) is 0 Å². The largest absolute Gasteiger partial charge is 0.513 e. The van der Waals surface area contributed by atoms with Crippen LogP contribution in [-0.2, 0) is 17.6 Å². The fourth-order valence-corrected chi connectivity index (χ4v) is 5.53. The Labute approximate surface area is 166 Å². The lowest BCUT2D eigenvalue weighted by atomic mass is 9.75. The number of aromatic amines is 1. The Morgan fingerprint density at radius 1 is 1.00 bits per heavy atom. The van der Waals surface area contributed by atoms with Gasteiger partial charge >= 0.3 is 0 Å². The van der Waals surface area contributed by atoms with Gasteiger partial charge in [0, 0.05) is 29.8 Å². The molecule has 1 aromatic rings. The number of hydrogen-bond donors (Lipinski definition) is 2. The van der Waals surface area contributed by atoms with Crippen LogP contribution in [0.3, 0.4) is 0 Å². The third-order valence-corrected chi connectivity index (χ3v) is 7.38. The van der Waals surface area contributed by atoms with Crippen molar-refractivity contribution in [3.63, 3.8) is 0 Å². The number of amides is 1. The fourth-order valence-electron chi connectivity index (χ4n) is 5.53. The topological polar surface area (TPSA) is 69.2 Å². The molecule has 0 bridgehead atoms. The van der Waals surface area contributed by atoms with Crippen LogP contribution in [0, 0.1) is 11.8 Å². The van der Waals surface area contributed by atoms with Crippen molar-refractivity contribution in [2.24, 2.45) is 11.8 Å². The van der Waals surface area contributed by atoms with Gasteiger partial charge in [0.05, 0.1) is 12.0 Å². The number of nitrogens with zero attached hydrogens (tertiary/aromatic N) is 2. The van der Waals surface area contributed by atoms with E-state index in [0.717, 1.165) is 76.2 Å². The number of allylic oxidation sites excluding steroid dienone is 3. The van der Waals surface area contributed by atoms with E-state index >= 15 is 0 Å². The predicted molar refractivity (Wildman–Crippen MR) is 108 cm³/mol. The number of carbonyl (C=O) groups is 1. The standard InChI is InChI=1S/C23H31N3O2/c27-21-10-5-16(6-11-21)15-1-3-17(4-2-15)23(28)26(19-7-8-19)20-9-12-22-18(13-20)14-24-25-22/h3,10,14-16,19-20,27H,1-2,4-9,11-13H2,(H,24,25). The van der Waals surface area contributed by atoms with Crippen LogP contribution in [0.4, 0.5) is 0 Å². The van der Waals surface area contributed by atoms with Crippen molar-refractivity contribution < 1.29 is 9.90 Å². The van der Waals surface area contributed by atoms with Gasteiger partial charge in [0.25, 0.3) is 0 Å². The monoisotopic (exact) mass is 381 g/mol. The van der Waals surface area contributed by atoms with Gasteiger partial charge in [-0.1, -0.05) is 6.08 Å². The molecule has 1 amide bonds. The van der Waals surface area contributed by atoms with Crippen molar-refractivity contribution in [2.45, 2.75) is 82.7 Å². The predicted octanol–water partition coefficient (Wildman–Crippen LogP) is 4.23. The molecule has 1 aromatic heterocycles. The molecular weight excluding hydrogens is 350 g/mol. The number of carbonyl (C=O) groups excluding carboxylic acids is 1. The maximum absolute atomic E-state index is 13.4. The number of hydrogen-bond acceptors (Lipinski definition) is 3. The molecule has 1 heterocycles. The van der Waals surface area contributed by atoms with Gasteiger partial charge in [0.15, 0.2) is 0 Å². The highest BCUT2D eigenvalue weighted by Crippen LogP contribution is 2.39. The highest BCUT2D eigenvalue weighted by Gasteiger charge is 2.40. The summed E-state index contributed by atoms with van der Waals surface area (Å²) >= 11 is 0. The molecule has 150 valence electrons. The Balaban J connectivity index is 1.26. The molecule has 5 heteroatoms. The normalized spacial score (nSPS) is 30.2. The first-order chi connectivity index (χ1) is 13.7. The average Bonchev–Trinajstić information content (AvgIpc) is 3.44. The van der Waals surface area contributed by atoms with Crippen molar-refractivity contribution in [3.05, 3.63) is 40.9 Å². The molecule has 1 fully saturated rings. The van der Waals surface area contributed by atoms with Crippen LogP contribution < -0.4 is 0 Å². The summed E-state index contributed by atoms with van der Waals surface area (Å²) in [5.41, 5.74) is 3.60. The molecule has 4 aliphatic carbocycles. The van der Waals surface area contributed by atoms with E-state index in [1.54, 1.807) is 0 Å². The maximum atomic E-state index is 13.4. The highest BCUT2D eigenvalue weighted by atomic mass is 16.3. The van der Waals surface area contributed by atoms with Gasteiger partial charge in [-0.2, -0.15) is 5.10 Å². The lowest BCUT2D eigenvalue weighted by molar-refractivity contribution is -0.130. The molecule has 5 nitrogen and oxygen atoms in total. The van der Waals surface area contributed by atoms with Gasteiger partial charge in [0.2, 0.25) is 5.91 Å². The van der Waals surface area contributed by atoms with Gasteiger partial charge in [-0.05, 0) is 87.7 Å². The molecule has 0 aromatic carbocycles. The first-order valence-corrected chi connectivity index (χ1v) is 11.1. The van der Waals surface area contributed by atoms with Crippen LogP contribution in [0.2, 0.25) is 0 Å². The lowest BCUT2D eigenvalue weighted by Crippen LogP contribution is -2.45. The van der Waals surface area contributed by atoms with Crippen molar-refractivity contribution >= 4 is 5.91 Å². The third-order valence-electron chi connectivity index (χ3n) is 7.38. The van der Waals surface area contributed by atoms with E-state index in [1.165, 1.54) is 11.3 Å². The molecule has 5 rings (SSSR count). The average molecular weight is 382 g/mol. The maximum Gasteiger partial charge on any atom is 0.249 e. The summed E-state index contributed by atoms with van der Waals surface area (Å²) in [5.74, 6) is 2.20. The van der Waals surface area contributed by atoms with Crippen LogP contribution in [0.5, 0.6) is 0 Å². The summed E-state index contributed by atoms with van der Waals surface area (Å²) in [4.78, 5) is 15.7. The zero-order chi connectivity index (χ0) is 19.1. The summed E-state index contributed by atoms with van der Waals surface area (Å²) < 4.78 is 0. The molecule has 1 saturated carbocycles. The Kier molecular flexibility index (Phi) is 4.77. The molecular formula is C23H31N3O2. The quantitative estimate of drug-likeness (QED) is 0.820. The van der Waals surface area contributed by atoms with E-state index in [-0.39, 0.29) is 0 Å². The van der Waals surface area contributed by atoms with Gasteiger partial charge in [0.1, 0.15) is 0 Å². The van der Waals surface area contributed by atoms with Gasteiger partial charge in [-0.15, -0.1) is 0 Å². The Bertz CT molecular complexity index is 805. The minimum Gasteiger partial charge on any atom is -0.513 e. The van der Waals surface area contributed by atoms with E-state index in [9.17, 15) is 9.90 Å². The van der Waals surface area contributed by atoms with Crippen LogP contribution in [0.1, 0.15) is 69.0 Å². The lowest BCUT2D eigenvalue weighted by Gasteiger charge is -2.37. The van der Waals surface area contributed by atoms with Crippen molar-refractivity contribution in [1.82, 2.24) is 15.1 Å². The minimum absolute atomic E-state index is 0.305. The van der Waals surface area contributed by atoms with E-state index in [4.69, 9.17) is 0 Å². The van der Waals surface area contributed by atoms with Crippen molar-refractivity contribution in [1.29, 1.82) is 0 Å². The van der Waals surface area contributed by atoms with Gasteiger partial charge < -0.3 is 10.0 Å². The SMILES string of the molecule is O=C(C1=CCC(C2CC=C(O)CC2)CC1)N(C1CC1)C1CCc2[nH]ncc2C1. The molecule has 0 radical (unpaired) electrons. The minimum atomic E-state index is 0.305. The molecule has 3 unspecified atom stereocenters. The molecule has 0 spiro atoms.